The summed E-state index contributed by atoms with van der Waals surface area (Å²) in [5.74, 6) is -0.973. The Hall–Kier alpha value is -3.70. The number of hydrogen-bond acceptors (Lipinski definition) is 7. The van der Waals surface area contributed by atoms with Crippen LogP contribution in [0.15, 0.2) is 70.4 Å². The minimum atomic E-state index is -0.755. The highest BCUT2D eigenvalue weighted by Crippen LogP contribution is 2.41. The predicted octanol–water partition coefficient (Wildman–Crippen LogP) is 5.06. The molecule has 0 aromatic heterocycles. The van der Waals surface area contributed by atoms with Crippen molar-refractivity contribution in [2.75, 3.05) is 5.75 Å². The lowest BCUT2D eigenvalue weighted by Crippen LogP contribution is -2.27. The number of carbonyl (C=O) groups excluding carboxylic acids is 2. The highest BCUT2D eigenvalue weighted by Gasteiger charge is 2.34. The van der Waals surface area contributed by atoms with Gasteiger partial charge in [0.1, 0.15) is 0 Å². The summed E-state index contributed by atoms with van der Waals surface area (Å²) in [7, 11) is 0. The Morgan fingerprint density at radius 2 is 1.91 bits per heavy atom. The molecule has 33 heavy (non-hydrogen) atoms. The van der Waals surface area contributed by atoms with E-state index in [1.165, 1.54) is 36.9 Å². The van der Waals surface area contributed by atoms with E-state index in [0.29, 0.717) is 27.4 Å². The Labute approximate surface area is 196 Å². The van der Waals surface area contributed by atoms with Crippen LogP contribution in [-0.2, 0) is 11.2 Å². The van der Waals surface area contributed by atoms with Crippen LogP contribution in [0.1, 0.15) is 48.2 Å². The molecular weight excluding hydrogens is 438 g/mol. The van der Waals surface area contributed by atoms with E-state index < -0.39 is 10.8 Å². The molecule has 0 bridgehead atoms. The van der Waals surface area contributed by atoms with E-state index in [-0.39, 0.29) is 28.6 Å². The summed E-state index contributed by atoms with van der Waals surface area (Å²) in [5, 5.41) is 24.8. The molecule has 0 fully saturated rings. The Balaban J connectivity index is 1.96. The zero-order chi connectivity index (χ0) is 24.1. The van der Waals surface area contributed by atoms with Crippen molar-refractivity contribution in [3.05, 3.63) is 97.2 Å². The van der Waals surface area contributed by atoms with Crippen molar-refractivity contribution in [3.63, 3.8) is 0 Å². The second kappa shape index (κ2) is 10.3. The van der Waals surface area contributed by atoms with Crippen molar-refractivity contribution in [1.82, 2.24) is 5.32 Å². The Bertz CT molecular complexity index is 1220. The fraction of sp³-hybridized carbons (Fsp3) is 0.240. The van der Waals surface area contributed by atoms with Gasteiger partial charge in [-0.2, -0.15) is 5.26 Å². The zero-order valence-corrected chi connectivity index (χ0v) is 19.4. The number of nitro groups is 1. The first-order valence-corrected chi connectivity index (χ1v) is 11.4. The summed E-state index contributed by atoms with van der Waals surface area (Å²) in [6.07, 6.45) is 0.884. The molecule has 0 amide bonds. The Morgan fingerprint density at radius 1 is 1.21 bits per heavy atom. The first kappa shape index (κ1) is 24.0. The van der Waals surface area contributed by atoms with Crippen molar-refractivity contribution >= 4 is 29.0 Å². The van der Waals surface area contributed by atoms with E-state index in [4.69, 9.17) is 0 Å². The average molecular weight is 462 g/mol. The third kappa shape index (κ3) is 5.21. The van der Waals surface area contributed by atoms with Gasteiger partial charge in [0.15, 0.2) is 11.6 Å². The van der Waals surface area contributed by atoms with Crippen LogP contribution in [0.5, 0.6) is 0 Å². The van der Waals surface area contributed by atoms with Crippen molar-refractivity contribution in [3.8, 4) is 6.07 Å². The smallest absolute Gasteiger partial charge is 0.269 e. The summed E-state index contributed by atoms with van der Waals surface area (Å²) in [6, 6.07) is 15.5. The van der Waals surface area contributed by atoms with E-state index in [9.17, 15) is 25.0 Å². The molecule has 1 heterocycles. The van der Waals surface area contributed by atoms with Crippen LogP contribution in [-0.4, -0.2) is 22.2 Å². The molecule has 0 radical (unpaired) electrons. The number of benzene rings is 2. The van der Waals surface area contributed by atoms with Gasteiger partial charge in [-0.25, -0.2) is 0 Å². The van der Waals surface area contributed by atoms with E-state index in [0.717, 1.165) is 12.0 Å². The fourth-order valence-electron chi connectivity index (χ4n) is 3.79. The van der Waals surface area contributed by atoms with E-state index in [1.807, 2.05) is 19.1 Å². The Morgan fingerprint density at radius 3 is 2.48 bits per heavy atom. The topological polar surface area (TPSA) is 113 Å². The molecule has 7 nitrogen and oxygen atoms in total. The second-order valence-corrected chi connectivity index (χ2v) is 8.61. The number of ketones is 2. The highest BCUT2D eigenvalue weighted by molar-refractivity contribution is 8.03. The monoisotopic (exact) mass is 461 g/mol. The molecule has 0 aliphatic carbocycles. The molecule has 0 unspecified atom stereocenters. The number of aryl methyl sites for hydroxylation is 1. The maximum atomic E-state index is 12.7. The number of dihydropyridines is 1. The number of carbonyl (C=O) groups is 2. The lowest BCUT2D eigenvalue weighted by molar-refractivity contribution is -0.384. The van der Waals surface area contributed by atoms with Crippen LogP contribution in [0.3, 0.4) is 0 Å². The fourth-order valence-corrected chi connectivity index (χ4v) is 4.78. The molecule has 1 atom stereocenters. The van der Waals surface area contributed by atoms with Crippen LogP contribution in [0, 0.1) is 21.4 Å². The minimum Gasteiger partial charge on any atom is -0.353 e. The number of thioether (sulfide) groups is 1. The van der Waals surface area contributed by atoms with Gasteiger partial charge in [0.05, 0.1) is 33.3 Å². The van der Waals surface area contributed by atoms with Gasteiger partial charge in [0, 0.05) is 29.0 Å². The number of Topliss-reactive ketones (excluding diaryl/α,β-unsaturated/α-hetero) is 2. The molecule has 1 N–H and O–H groups in total. The van der Waals surface area contributed by atoms with E-state index in [2.05, 4.69) is 11.4 Å². The second-order valence-electron chi connectivity index (χ2n) is 7.62. The van der Waals surface area contributed by atoms with Gasteiger partial charge in [-0.15, -0.1) is 0 Å². The first-order valence-electron chi connectivity index (χ1n) is 10.4. The summed E-state index contributed by atoms with van der Waals surface area (Å²) in [4.78, 5) is 35.9. The summed E-state index contributed by atoms with van der Waals surface area (Å²) >= 11 is 1.19. The molecule has 0 spiro atoms. The van der Waals surface area contributed by atoms with Crippen molar-refractivity contribution < 1.29 is 14.5 Å². The van der Waals surface area contributed by atoms with Crippen LogP contribution in [0.2, 0.25) is 0 Å². The first-order chi connectivity index (χ1) is 15.8. The van der Waals surface area contributed by atoms with Crippen molar-refractivity contribution in [2.24, 2.45) is 0 Å². The van der Waals surface area contributed by atoms with Gasteiger partial charge < -0.3 is 5.32 Å². The largest absolute Gasteiger partial charge is 0.353 e. The molecule has 0 saturated carbocycles. The molecule has 0 saturated heterocycles. The van der Waals surface area contributed by atoms with Gasteiger partial charge in [-0.1, -0.05) is 55.1 Å². The molecule has 1 aliphatic heterocycles. The van der Waals surface area contributed by atoms with Crippen molar-refractivity contribution in [1.29, 1.82) is 5.26 Å². The molecule has 168 valence electrons. The number of nitriles is 1. The Kier molecular flexibility index (Phi) is 7.46. The third-order valence-corrected chi connectivity index (χ3v) is 6.49. The predicted molar refractivity (Wildman–Crippen MR) is 128 cm³/mol. The molecule has 3 rings (SSSR count). The number of rotatable bonds is 8. The van der Waals surface area contributed by atoms with Gasteiger partial charge in [-0.05, 0) is 31.4 Å². The van der Waals surface area contributed by atoms with Crippen LogP contribution >= 0.6 is 11.8 Å². The lowest BCUT2D eigenvalue weighted by Gasteiger charge is -2.29. The number of allylic oxidation sites excluding steroid dienone is 3. The molecule has 2 aromatic carbocycles. The summed E-state index contributed by atoms with van der Waals surface area (Å²) < 4.78 is 0. The third-order valence-electron chi connectivity index (χ3n) is 5.47. The SMILES string of the molecule is CCc1ccc(C(=O)CSC2=C(C#N)[C@H](c3cccc([N+](=O)[O-])c3)C(C(C)=O)=C(C)N2)cc1. The minimum absolute atomic E-state index is 0.0832. The van der Waals surface area contributed by atoms with Gasteiger partial charge in [-0.3, -0.25) is 19.7 Å². The van der Waals surface area contributed by atoms with E-state index >= 15 is 0 Å². The maximum Gasteiger partial charge on any atom is 0.269 e. The molecule has 2 aromatic rings. The summed E-state index contributed by atoms with van der Waals surface area (Å²) in [5.41, 5.74) is 3.26. The van der Waals surface area contributed by atoms with Crippen LogP contribution < -0.4 is 5.32 Å². The van der Waals surface area contributed by atoms with Crippen LogP contribution in [0.25, 0.3) is 0 Å². The standard InChI is InChI=1S/C25H23N3O4S/c1-4-17-8-10-18(11-9-17)22(30)14-33-25-21(13-26)24(23(16(3)29)15(2)27-25)19-6-5-7-20(12-19)28(31)32/h5-12,24,27H,4,14H2,1-3H3/t24-/m0/s1. The number of nitro benzene ring substituents is 1. The van der Waals surface area contributed by atoms with Gasteiger partial charge >= 0.3 is 0 Å². The number of hydrogen-bond donors (Lipinski definition) is 1. The van der Waals surface area contributed by atoms with Gasteiger partial charge in [0.2, 0.25) is 0 Å². The average Bonchev–Trinajstić information content (AvgIpc) is 2.81. The lowest BCUT2D eigenvalue weighted by atomic mass is 9.81. The maximum absolute atomic E-state index is 12.7. The highest BCUT2D eigenvalue weighted by atomic mass is 32.2. The summed E-state index contributed by atoms with van der Waals surface area (Å²) in [6.45, 7) is 5.17. The van der Waals surface area contributed by atoms with Crippen molar-refractivity contribution in [2.45, 2.75) is 33.1 Å². The molecular formula is C25H23N3O4S. The number of non-ortho nitro benzene ring substituents is 1. The van der Waals surface area contributed by atoms with E-state index in [1.54, 1.807) is 25.1 Å². The molecule has 8 heteroatoms. The van der Waals surface area contributed by atoms with Crippen LogP contribution in [0.4, 0.5) is 5.69 Å². The normalized spacial score (nSPS) is 15.6. The number of nitrogens with zero attached hydrogens (tertiary/aromatic N) is 2. The van der Waals surface area contributed by atoms with Gasteiger partial charge in [0.25, 0.3) is 5.69 Å². The molecule has 1 aliphatic rings. The quantitative estimate of drug-likeness (QED) is 0.332. The number of nitrogens with one attached hydrogen (secondary N) is 1. The zero-order valence-electron chi connectivity index (χ0n) is 18.5.